The Hall–Kier alpha value is -4.54. The fourth-order valence-corrected chi connectivity index (χ4v) is 4.39. The van der Waals surface area contributed by atoms with E-state index in [2.05, 4.69) is 4.74 Å². The highest BCUT2D eigenvalue weighted by atomic mass is 16.5. The van der Waals surface area contributed by atoms with Crippen molar-refractivity contribution in [3.05, 3.63) is 53.6 Å². The molecule has 2 aliphatic rings. The van der Waals surface area contributed by atoms with E-state index in [-0.39, 0.29) is 18.7 Å². The summed E-state index contributed by atoms with van der Waals surface area (Å²) in [5.74, 6) is 0.624. The van der Waals surface area contributed by atoms with Gasteiger partial charge in [0.1, 0.15) is 6.29 Å². The molecule has 2 saturated carbocycles. The molecule has 0 saturated heterocycles. The second-order valence-electron chi connectivity index (χ2n) is 9.46. The lowest BCUT2D eigenvalue weighted by molar-refractivity contribution is -0.147. The van der Waals surface area contributed by atoms with Crippen molar-refractivity contribution in [1.82, 2.24) is 0 Å². The topological polar surface area (TPSA) is 155 Å². The number of hydrogen-bond acceptors (Lipinski definition) is 9. The summed E-state index contributed by atoms with van der Waals surface area (Å²) in [5.41, 5.74) is 1.41. The van der Waals surface area contributed by atoms with Crippen molar-refractivity contribution in [1.29, 1.82) is 0 Å². The maximum atomic E-state index is 10.7. The third-order valence-electron chi connectivity index (χ3n) is 6.40. The van der Waals surface area contributed by atoms with E-state index in [0.717, 1.165) is 43.6 Å². The largest absolute Gasteiger partial charge is 0.493 e. The maximum Gasteiger partial charge on any atom is 0.341 e. The number of benzene rings is 2. The predicted molar refractivity (Wildman–Crippen MR) is 153 cm³/mol. The van der Waals surface area contributed by atoms with Gasteiger partial charge < -0.3 is 33.9 Å². The number of carbonyl (C=O) groups excluding carboxylic acids is 2. The van der Waals surface area contributed by atoms with Crippen molar-refractivity contribution in [2.75, 3.05) is 20.8 Å². The van der Waals surface area contributed by atoms with Gasteiger partial charge in [-0.1, -0.05) is 6.07 Å². The number of carbonyl (C=O) groups is 4. The van der Waals surface area contributed by atoms with Crippen molar-refractivity contribution >= 4 is 30.8 Å². The van der Waals surface area contributed by atoms with Gasteiger partial charge in [-0.05, 0) is 93.3 Å². The number of carboxylic acid groups (broad SMARTS) is 2. The molecule has 2 aliphatic carbocycles. The Morgan fingerprint density at radius 1 is 0.762 bits per heavy atom. The standard InChI is InChI=1S/C15H18O4.C13H16O3.C3H4O4/c1-18-13-8-6-11(7-9-15(16)17)10-14(13)19-12-4-2-3-5-12;1-15-12-7-6-10(9-14)8-13(12)16-11-4-2-3-5-11;4-2-7-1-3(5)6/h6-10,12H,2-5H2,1H3,(H,16,17);6-9,11H,2-5H2,1H3;2H,1H2,(H,5,6)/b9-7+;;. The molecule has 0 unspecified atom stereocenters. The molecular formula is C31H38O11. The monoisotopic (exact) mass is 586 g/mol. The molecular weight excluding hydrogens is 548 g/mol. The Morgan fingerprint density at radius 2 is 1.24 bits per heavy atom. The average Bonchev–Trinajstić information content (AvgIpc) is 3.70. The minimum atomic E-state index is -1.15. The molecule has 0 spiro atoms. The number of aldehydes is 1. The van der Waals surface area contributed by atoms with Crippen LogP contribution in [0.5, 0.6) is 23.0 Å². The first-order valence-electron chi connectivity index (χ1n) is 13.6. The van der Waals surface area contributed by atoms with Crippen LogP contribution in [-0.4, -0.2) is 67.9 Å². The highest BCUT2D eigenvalue weighted by Crippen LogP contribution is 2.33. The summed E-state index contributed by atoms with van der Waals surface area (Å²) in [4.78, 5) is 39.9. The lowest BCUT2D eigenvalue weighted by Gasteiger charge is -2.16. The van der Waals surface area contributed by atoms with Crippen LogP contribution in [0.15, 0.2) is 42.5 Å². The van der Waals surface area contributed by atoms with Crippen molar-refractivity contribution in [3.63, 3.8) is 0 Å². The second kappa shape index (κ2) is 18.7. The maximum absolute atomic E-state index is 10.7. The summed E-state index contributed by atoms with van der Waals surface area (Å²) in [6.45, 7) is -0.461. The van der Waals surface area contributed by atoms with Gasteiger partial charge >= 0.3 is 11.9 Å². The van der Waals surface area contributed by atoms with Gasteiger partial charge in [0.05, 0.1) is 26.4 Å². The molecule has 11 heteroatoms. The van der Waals surface area contributed by atoms with Gasteiger partial charge in [0.25, 0.3) is 6.47 Å². The molecule has 0 radical (unpaired) electrons. The SMILES string of the molecule is COc1ccc(/C=C/C(=O)O)cc1OC1CCCC1.COc1ccc(C=O)cc1OC1CCCC1.O=COCC(=O)O. The van der Waals surface area contributed by atoms with E-state index < -0.39 is 18.5 Å². The van der Waals surface area contributed by atoms with Gasteiger partial charge in [-0.15, -0.1) is 0 Å². The van der Waals surface area contributed by atoms with Gasteiger partial charge in [-0.25, -0.2) is 9.59 Å². The minimum absolute atomic E-state index is 0.0914. The first kappa shape index (κ1) is 33.7. The summed E-state index contributed by atoms with van der Waals surface area (Å²) in [6, 6.07) is 10.7. The van der Waals surface area contributed by atoms with Crippen LogP contribution in [0.1, 0.15) is 67.3 Å². The summed E-state index contributed by atoms with van der Waals surface area (Å²) in [6.07, 6.45) is 13.2. The first-order valence-corrected chi connectivity index (χ1v) is 13.6. The Bertz CT molecular complexity index is 1180. The summed E-state index contributed by atoms with van der Waals surface area (Å²) < 4.78 is 26.1. The normalized spacial score (nSPS) is 14.5. The highest BCUT2D eigenvalue weighted by Gasteiger charge is 2.19. The van der Waals surface area contributed by atoms with Crippen LogP contribution in [0, 0.1) is 0 Å². The Kier molecular flexibility index (Phi) is 15.0. The summed E-state index contributed by atoms with van der Waals surface area (Å²) in [5, 5.41) is 16.4. The number of hydrogen-bond donors (Lipinski definition) is 2. The molecule has 4 rings (SSSR count). The third-order valence-corrected chi connectivity index (χ3v) is 6.40. The number of carboxylic acids is 2. The number of rotatable bonds is 12. The van der Waals surface area contributed by atoms with Crippen LogP contribution in [-0.2, 0) is 19.1 Å². The highest BCUT2D eigenvalue weighted by molar-refractivity contribution is 5.85. The Balaban J connectivity index is 0.000000243. The zero-order valence-corrected chi connectivity index (χ0v) is 23.9. The lowest BCUT2D eigenvalue weighted by Crippen LogP contribution is -2.11. The van der Waals surface area contributed by atoms with E-state index in [9.17, 15) is 19.2 Å². The van der Waals surface area contributed by atoms with Crippen LogP contribution >= 0.6 is 0 Å². The van der Waals surface area contributed by atoms with E-state index in [1.165, 1.54) is 25.7 Å². The van der Waals surface area contributed by atoms with Crippen molar-refractivity contribution in [2.45, 2.75) is 63.6 Å². The van der Waals surface area contributed by atoms with Crippen molar-refractivity contribution < 1.29 is 53.1 Å². The van der Waals surface area contributed by atoms with Crippen molar-refractivity contribution in [3.8, 4) is 23.0 Å². The number of ether oxygens (including phenoxy) is 5. The van der Waals surface area contributed by atoms with E-state index in [1.54, 1.807) is 50.6 Å². The fourth-order valence-electron chi connectivity index (χ4n) is 4.39. The molecule has 228 valence electrons. The molecule has 11 nitrogen and oxygen atoms in total. The quantitative estimate of drug-likeness (QED) is 0.249. The zero-order valence-electron chi connectivity index (χ0n) is 23.9. The van der Waals surface area contributed by atoms with Gasteiger partial charge in [-0.3, -0.25) is 9.59 Å². The molecule has 0 aromatic heterocycles. The van der Waals surface area contributed by atoms with E-state index in [0.29, 0.717) is 28.6 Å². The summed E-state index contributed by atoms with van der Waals surface area (Å²) in [7, 11) is 3.21. The molecule has 0 atom stereocenters. The first-order chi connectivity index (χ1) is 20.3. The zero-order chi connectivity index (χ0) is 30.7. The van der Waals surface area contributed by atoms with Crippen LogP contribution in [0.3, 0.4) is 0 Å². The van der Waals surface area contributed by atoms with Gasteiger partial charge in [-0.2, -0.15) is 0 Å². The van der Waals surface area contributed by atoms with Crippen LogP contribution in [0.25, 0.3) is 6.08 Å². The van der Waals surface area contributed by atoms with Crippen LogP contribution in [0.2, 0.25) is 0 Å². The molecule has 2 aromatic carbocycles. The van der Waals surface area contributed by atoms with Crippen LogP contribution < -0.4 is 18.9 Å². The van der Waals surface area contributed by atoms with E-state index in [1.807, 2.05) is 6.07 Å². The molecule has 2 fully saturated rings. The smallest absolute Gasteiger partial charge is 0.341 e. The lowest BCUT2D eigenvalue weighted by atomic mass is 10.2. The van der Waals surface area contributed by atoms with E-state index >= 15 is 0 Å². The van der Waals surface area contributed by atoms with Gasteiger partial charge in [0.15, 0.2) is 29.6 Å². The Labute approximate surface area is 245 Å². The third kappa shape index (κ3) is 12.3. The van der Waals surface area contributed by atoms with E-state index in [4.69, 9.17) is 29.2 Å². The number of methoxy groups -OCH3 is 2. The minimum Gasteiger partial charge on any atom is -0.493 e. The molecule has 0 bridgehead atoms. The average molecular weight is 587 g/mol. The predicted octanol–water partition coefficient (Wildman–Crippen LogP) is 5.19. The van der Waals surface area contributed by atoms with Crippen molar-refractivity contribution in [2.24, 2.45) is 0 Å². The Morgan fingerprint density at radius 3 is 1.62 bits per heavy atom. The summed E-state index contributed by atoms with van der Waals surface area (Å²) >= 11 is 0. The molecule has 0 amide bonds. The molecule has 2 N–H and O–H groups in total. The molecule has 0 heterocycles. The molecule has 0 aliphatic heterocycles. The fraction of sp³-hybridized carbons (Fsp3) is 0.419. The second-order valence-corrected chi connectivity index (χ2v) is 9.46. The van der Waals surface area contributed by atoms with Gasteiger partial charge in [0.2, 0.25) is 0 Å². The molecule has 2 aromatic rings. The molecule has 42 heavy (non-hydrogen) atoms. The van der Waals surface area contributed by atoms with Crippen LogP contribution in [0.4, 0.5) is 0 Å². The van der Waals surface area contributed by atoms with Gasteiger partial charge in [0, 0.05) is 11.6 Å². The number of aliphatic carboxylic acids is 2.